The molecule has 0 aromatic heterocycles. The first-order chi connectivity index (χ1) is 8.08. The first-order valence-corrected chi connectivity index (χ1v) is 5.83. The first-order valence-electron chi connectivity index (χ1n) is 5.83. The van der Waals surface area contributed by atoms with E-state index in [1.54, 1.807) is 18.9 Å². The summed E-state index contributed by atoms with van der Waals surface area (Å²) in [6.45, 7) is 4.93. The highest BCUT2D eigenvalue weighted by atomic mass is 16.5. The minimum atomic E-state index is -0.388. The van der Waals surface area contributed by atoms with E-state index in [0.717, 1.165) is 13.1 Å². The van der Waals surface area contributed by atoms with Crippen LogP contribution in [-0.4, -0.2) is 74.6 Å². The second-order valence-corrected chi connectivity index (χ2v) is 4.15. The summed E-state index contributed by atoms with van der Waals surface area (Å²) in [6.07, 6.45) is -0.388. The van der Waals surface area contributed by atoms with Gasteiger partial charge in [-0.25, -0.2) is 0 Å². The van der Waals surface area contributed by atoms with Crippen molar-refractivity contribution >= 4 is 11.8 Å². The number of carbonyl (C=O) groups excluding carboxylic acids is 2. The quantitative estimate of drug-likeness (QED) is 0.681. The molecule has 0 bridgehead atoms. The molecule has 1 saturated heterocycles. The van der Waals surface area contributed by atoms with Crippen molar-refractivity contribution in [2.45, 2.75) is 13.0 Å². The molecule has 17 heavy (non-hydrogen) atoms. The van der Waals surface area contributed by atoms with Crippen LogP contribution in [0.1, 0.15) is 6.92 Å². The Labute approximate surface area is 102 Å². The molecule has 1 aliphatic rings. The molecule has 1 N–H and O–H groups in total. The Hall–Kier alpha value is -1.14. The van der Waals surface area contributed by atoms with Crippen LogP contribution in [0.4, 0.5) is 0 Å². The fourth-order valence-corrected chi connectivity index (χ4v) is 1.77. The third kappa shape index (κ3) is 3.98. The summed E-state index contributed by atoms with van der Waals surface area (Å²) < 4.78 is 5.01. The Morgan fingerprint density at radius 2 is 1.88 bits per heavy atom. The number of hydrogen-bond acceptors (Lipinski definition) is 4. The number of nitrogens with one attached hydrogen (secondary N) is 1. The summed E-state index contributed by atoms with van der Waals surface area (Å²) in [7, 11) is 3.16. The van der Waals surface area contributed by atoms with Crippen LogP contribution in [0, 0.1) is 0 Å². The molecule has 6 nitrogen and oxygen atoms in total. The molecule has 0 aliphatic carbocycles. The number of likely N-dealkylation sites (N-methyl/N-ethyl adjacent to an activating group) is 1. The Kier molecular flexibility index (Phi) is 5.37. The van der Waals surface area contributed by atoms with Gasteiger partial charge in [-0.2, -0.15) is 0 Å². The van der Waals surface area contributed by atoms with Gasteiger partial charge in [0.05, 0.1) is 6.54 Å². The molecule has 1 aliphatic heterocycles. The van der Waals surface area contributed by atoms with Crippen molar-refractivity contribution in [3.63, 3.8) is 0 Å². The Balaban J connectivity index is 2.35. The zero-order chi connectivity index (χ0) is 12.8. The summed E-state index contributed by atoms with van der Waals surface area (Å²) in [5, 5.41) is 2.59. The Morgan fingerprint density at radius 3 is 2.35 bits per heavy atom. The van der Waals surface area contributed by atoms with Gasteiger partial charge in [-0.1, -0.05) is 0 Å². The predicted molar refractivity (Wildman–Crippen MR) is 63.6 cm³/mol. The third-order valence-electron chi connectivity index (χ3n) is 3.03. The zero-order valence-corrected chi connectivity index (χ0v) is 10.7. The number of piperazine rings is 1. The van der Waals surface area contributed by atoms with Gasteiger partial charge < -0.3 is 15.0 Å². The Morgan fingerprint density at radius 1 is 1.29 bits per heavy atom. The van der Waals surface area contributed by atoms with Crippen molar-refractivity contribution < 1.29 is 14.3 Å². The van der Waals surface area contributed by atoms with Gasteiger partial charge in [0, 0.05) is 40.3 Å². The lowest BCUT2D eigenvalue weighted by molar-refractivity contribution is -0.142. The van der Waals surface area contributed by atoms with Crippen LogP contribution in [0.25, 0.3) is 0 Å². The minimum absolute atomic E-state index is 0.00929. The van der Waals surface area contributed by atoms with Crippen LogP contribution in [-0.2, 0) is 14.3 Å². The number of rotatable bonds is 4. The highest BCUT2D eigenvalue weighted by Gasteiger charge is 2.25. The average Bonchev–Trinajstić information content (AvgIpc) is 2.37. The van der Waals surface area contributed by atoms with E-state index in [4.69, 9.17) is 4.74 Å². The number of amides is 2. The highest BCUT2D eigenvalue weighted by molar-refractivity contribution is 5.80. The van der Waals surface area contributed by atoms with Crippen LogP contribution in [0.15, 0.2) is 0 Å². The molecule has 0 saturated carbocycles. The molecule has 6 heteroatoms. The molecule has 1 heterocycles. The standard InChI is InChI=1S/C11H21N3O3/c1-9(17-3)11(16)14-6-4-13(5-7-14)8-10(15)12-2/h9H,4-8H2,1-3H3,(H,12,15). The van der Waals surface area contributed by atoms with E-state index in [-0.39, 0.29) is 17.9 Å². The van der Waals surface area contributed by atoms with E-state index in [9.17, 15) is 9.59 Å². The average molecular weight is 243 g/mol. The molecular formula is C11H21N3O3. The van der Waals surface area contributed by atoms with E-state index >= 15 is 0 Å². The van der Waals surface area contributed by atoms with Crippen molar-refractivity contribution in [1.82, 2.24) is 15.1 Å². The molecule has 98 valence electrons. The smallest absolute Gasteiger partial charge is 0.251 e. The van der Waals surface area contributed by atoms with Crippen LogP contribution >= 0.6 is 0 Å². The molecule has 0 aromatic carbocycles. The van der Waals surface area contributed by atoms with Crippen LogP contribution < -0.4 is 5.32 Å². The lowest BCUT2D eigenvalue weighted by Crippen LogP contribution is -2.52. The van der Waals surface area contributed by atoms with E-state index in [2.05, 4.69) is 5.32 Å². The lowest BCUT2D eigenvalue weighted by Gasteiger charge is -2.35. The van der Waals surface area contributed by atoms with Gasteiger partial charge in [-0.3, -0.25) is 14.5 Å². The van der Waals surface area contributed by atoms with Crippen LogP contribution in [0.3, 0.4) is 0 Å². The highest BCUT2D eigenvalue weighted by Crippen LogP contribution is 2.05. The van der Waals surface area contributed by atoms with Gasteiger partial charge in [0.15, 0.2) is 0 Å². The van der Waals surface area contributed by atoms with Gasteiger partial charge in [-0.15, -0.1) is 0 Å². The van der Waals surface area contributed by atoms with E-state index < -0.39 is 0 Å². The van der Waals surface area contributed by atoms with Crippen molar-refractivity contribution in [1.29, 1.82) is 0 Å². The summed E-state index contributed by atoms with van der Waals surface area (Å²) >= 11 is 0. The summed E-state index contributed by atoms with van der Waals surface area (Å²) in [4.78, 5) is 26.8. The largest absolute Gasteiger partial charge is 0.372 e. The topological polar surface area (TPSA) is 61.9 Å². The maximum absolute atomic E-state index is 11.8. The molecule has 1 rings (SSSR count). The van der Waals surface area contributed by atoms with Gasteiger partial charge >= 0.3 is 0 Å². The fraction of sp³-hybridized carbons (Fsp3) is 0.818. The van der Waals surface area contributed by atoms with E-state index in [0.29, 0.717) is 19.6 Å². The van der Waals surface area contributed by atoms with E-state index in [1.807, 2.05) is 4.90 Å². The second kappa shape index (κ2) is 6.56. The molecule has 1 fully saturated rings. The van der Waals surface area contributed by atoms with Gasteiger partial charge in [-0.05, 0) is 6.92 Å². The zero-order valence-electron chi connectivity index (χ0n) is 10.7. The molecule has 2 amide bonds. The summed E-state index contributed by atoms with van der Waals surface area (Å²) in [5.74, 6) is 0.0297. The predicted octanol–water partition coefficient (Wildman–Crippen LogP) is -1.09. The molecule has 1 unspecified atom stereocenters. The molecular weight excluding hydrogens is 222 g/mol. The van der Waals surface area contributed by atoms with Gasteiger partial charge in [0.2, 0.25) is 5.91 Å². The molecule has 0 aromatic rings. The lowest BCUT2D eigenvalue weighted by atomic mass is 10.2. The van der Waals surface area contributed by atoms with Crippen LogP contribution in [0.2, 0.25) is 0 Å². The van der Waals surface area contributed by atoms with Crippen LogP contribution in [0.5, 0.6) is 0 Å². The molecule has 0 radical (unpaired) electrons. The van der Waals surface area contributed by atoms with Crippen molar-refractivity contribution in [2.24, 2.45) is 0 Å². The van der Waals surface area contributed by atoms with Crippen molar-refractivity contribution in [2.75, 3.05) is 46.9 Å². The fourth-order valence-electron chi connectivity index (χ4n) is 1.77. The Bertz CT molecular complexity index is 275. The maximum Gasteiger partial charge on any atom is 0.251 e. The SMILES string of the molecule is CNC(=O)CN1CCN(C(=O)C(C)OC)CC1. The third-order valence-corrected chi connectivity index (χ3v) is 3.03. The van der Waals surface area contributed by atoms with Crippen molar-refractivity contribution in [3.05, 3.63) is 0 Å². The van der Waals surface area contributed by atoms with E-state index in [1.165, 1.54) is 7.11 Å². The monoisotopic (exact) mass is 243 g/mol. The second-order valence-electron chi connectivity index (χ2n) is 4.15. The number of hydrogen-bond donors (Lipinski definition) is 1. The number of methoxy groups -OCH3 is 1. The number of nitrogens with zero attached hydrogens (tertiary/aromatic N) is 2. The van der Waals surface area contributed by atoms with Crippen molar-refractivity contribution in [3.8, 4) is 0 Å². The minimum Gasteiger partial charge on any atom is -0.372 e. The number of ether oxygens (including phenoxy) is 1. The normalized spacial score (nSPS) is 18.9. The maximum atomic E-state index is 11.8. The van der Waals surface area contributed by atoms with Gasteiger partial charge in [0.25, 0.3) is 5.91 Å². The molecule has 0 spiro atoms. The molecule has 1 atom stereocenters. The summed E-state index contributed by atoms with van der Waals surface area (Å²) in [6, 6.07) is 0. The number of carbonyl (C=O) groups is 2. The summed E-state index contributed by atoms with van der Waals surface area (Å²) in [5.41, 5.74) is 0. The van der Waals surface area contributed by atoms with Gasteiger partial charge in [0.1, 0.15) is 6.10 Å². The first kappa shape index (κ1) is 13.9.